The third-order valence-electron chi connectivity index (χ3n) is 5.77. The Kier molecular flexibility index (Phi) is 7.50. The maximum Gasteiger partial charge on any atom is 0.337 e. The maximum atomic E-state index is 14.9. The number of carbonyl (C=O) groups excluding carboxylic acids is 2. The van der Waals surface area contributed by atoms with Crippen molar-refractivity contribution in [2.75, 3.05) is 24.3 Å². The lowest BCUT2D eigenvalue weighted by Crippen LogP contribution is -2.45. The summed E-state index contributed by atoms with van der Waals surface area (Å²) >= 11 is 5.81. The zero-order valence-corrected chi connectivity index (χ0v) is 20.1. The van der Waals surface area contributed by atoms with Gasteiger partial charge in [-0.05, 0) is 30.3 Å². The van der Waals surface area contributed by atoms with Gasteiger partial charge in [0.15, 0.2) is 0 Å². The fraction of sp³-hybridized carbons (Fsp3) is 0.208. The lowest BCUT2D eigenvalue weighted by Gasteiger charge is -2.24. The van der Waals surface area contributed by atoms with Crippen LogP contribution in [0.2, 0.25) is 5.02 Å². The van der Waals surface area contributed by atoms with Crippen LogP contribution >= 0.6 is 11.6 Å². The van der Waals surface area contributed by atoms with Crippen LogP contribution in [0.5, 0.6) is 0 Å². The molecule has 0 unspecified atom stereocenters. The van der Waals surface area contributed by atoms with Crippen LogP contribution < -0.4 is 16.2 Å². The number of aromatic nitrogens is 2. The van der Waals surface area contributed by atoms with Crippen LogP contribution in [0.3, 0.4) is 0 Å². The number of hydrogen-bond donors (Lipinski definition) is 3. The minimum absolute atomic E-state index is 0.0698. The van der Waals surface area contributed by atoms with Crippen molar-refractivity contribution in [2.24, 2.45) is 0 Å². The molecule has 0 radical (unpaired) electrons. The van der Waals surface area contributed by atoms with Crippen LogP contribution in [0.4, 0.5) is 20.7 Å². The number of carbonyl (C=O) groups is 3. The molecule has 1 aliphatic rings. The van der Waals surface area contributed by atoms with E-state index in [1.807, 2.05) is 0 Å². The summed E-state index contributed by atoms with van der Waals surface area (Å²) in [6.45, 7) is 0.123. The summed E-state index contributed by atoms with van der Waals surface area (Å²) in [5.41, 5.74) is -0.828. The van der Waals surface area contributed by atoms with E-state index in [0.717, 1.165) is 29.0 Å². The molecular weight excluding hydrogens is 509 g/mol. The third-order valence-corrected chi connectivity index (χ3v) is 5.99. The monoisotopic (exact) mass is 529 g/mol. The zero-order chi connectivity index (χ0) is 26.7. The third kappa shape index (κ3) is 5.76. The average molecular weight is 530 g/mol. The highest BCUT2D eigenvalue weighted by atomic mass is 35.5. The second kappa shape index (κ2) is 10.8. The van der Waals surface area contributed by atoms with Crippen LogP contribution in [0.1, 0.15) is 16.8 Å². The van der Waals surface area contributed by atoms with Gasteiger partial charge in [0.1, 0.15) is 17.7 Å². The number of hydrogen-bond acceptors (Lipinski definition) is 6. The van der Waals surface area contributed by atoms with Crippen molar-refractivity contribution in [2.45, 2.75) is 18.6 Å². The van der Waals surface area contributed by atoms with Crippen molar-refractivity contribution < 1.29 is 28.6 Å². The number of likely N-dealkylation sites (tertiary alicyclic amines) is 1. The first kappa shape index (κ1) is 25.8. The van der Waals surface area contributed by atoms with Crippen molar-refractivity contribution in [3.63, 3.8) is 0 Å². The summed E-state index contributed by atoms with van der Waals surface area (Å²) in [6, 6.07) is 7.29. The van der Waals surface area contributed by atoms with Gasteiger partial charge >= 0.3 is 12.0 Å². The smallest absolute Gasteiger partial charge is 0.337 e. The zero-order valence-electron chi connectivity index (χ0n) is 19.4. The normalized spacial score (nSPS) is 16.9. The number of nitrogens with one attached hydrogen (secondary N) is 2. The van der Waals surface area contributed by atoms with Gasteiger partial charge in [-0.15, -0.1) is 0 Å². The van der Waals surface area contributed by atoms with Gasteiger partial charge in [0, 0.05) is 44.6 Å². The Morgan fingerprint density at radius 3 is 2.59 bits per heavy atom. The second-order valence-corrected chi connectivity index (χ2v) is 8.57. The topological polar surface area (TPSA) is 143 Å². The first-order valence-electron chi connectivity index (χ1n) is 10.9. The first-order chi connectivity index (χ1) is 17.7. The fourth-order valence-corrected chi connectivity index (χ4v) is 3.97. The summed E-state index contributed by atoms with van der Waals surface area (Å²) in [6.07, 6.45) is 2.20. The highest BCUT2D eigenvalue weighted by Gasteiger charge is 2.40. The SMILES string of the molecule is CO[C@@H]1C[C@H](C(=O)Nc2ccc(-n3cc(C(=O)O)ccc3=O)cc2F)N(C(=O)Nc2ccc(Cl)cn2)C1. The number of methoxy groups -OCH3 is 1. The molecule has 2 aromatic heterocycles. The van der Waals surface area contributed by atoms with Crippen molar-refractivity contribution in [3.8, 4) is 5.69 Å². The Morgan fingerprint density at radius 1 is 1.16 bits per heavy atom. The largest absolute Gasteiger partial charge is 0.478 e. The minimum Gasteiger partial charge on any atom is -0.478 e. The molecule has 3 amide bonds. The molecule has 4 rings (SSSR count). The number of nitrogens with zero attached hydrogens (tertiary/aromatic N) is 3. The van der Waals surface area contributed by atoms with Crippen LogP contribution in [-0.4, -0.2) is 63.3 Å². The number of aromatic carboxylic acids is 1. The molecule has 2 atom stereocenters. The van der Waals surface area contributed by atoms with Crippen molar-refractivity contribution in [1.29, 1.82) is 0 Å². The average Bonchev–Trinajstić information content (AvgIpc) is 3.32. The second-order valence-electron chi connectivity index (χ2n) is 8.14. The highest BCUT2D eigenvalue weighted by molar-refractivity contribution is 6.30. The summed E-state index contributed by atoms with van der Waals surface area (Å²) in [4.78, 5) is 54.6. The van der Waals surface area contributed by atoms with Gasteiger partial charge in [-0.1, -0.05) is 11.6 Å². The standard InChI is InChI=1S/C24H21ClFN5O6/c1-37-16-9-19(31(12-16)24(36)29-20-6-3-14(25)10-27-20)22(33)28-18-5-4-15(8-17(18)26)30-11-13(23(34)35)2-7-21(30)32/h2-8,10-11,16,19H,9,12H2,1H3,(H,28,33)(H,34,35)(H,27,29,36)/t16-,19-/m1/s1. The number of pyridine rings is 2. The predicted molar refractivity (Wildman–Crippen MR) is 132 cm³/mol. The molecule has 37 heavy (non-hydrogen) atoms. The number of amides is 3. The number of rotatable bonds is 6. The Labute approximate surface area is 214 Å². The molecule has 192 valence electrons. The molecule has 0 bridgehead atoms. The van der Waals surface area contributed by atoms with Crippen LogP contribution in [0.25, 0.3) is 5.69 Å². The Balaban J connectivity index is 1.52. The van der Waals surface area contributed by atoms with Crippen molar-refractivity contribution in [3.05, 3.63) is 81.6 Å². The molecule has 0 saturated carbocycles. The van der Waals surface area contributed by atoms with E-state index in [1.165, 1.54) is 36.4 Å². The lowest BCUT2D eigenvalue weighted by atomic mass is 10.1. The summed E-state index contributed by atoms with van der Waals surface area (Å²) in [5, 5.41) is 14.6. The van der Waals surface area contributed by atoms with Gasteiger partial charge in [-0.25, -0.2) is 19.0 Å². The molecule has 3 N–H and O–H groups in total. The van der Waals surface area contributed by atoms with E-state index in [1.54, 1.807) is 6.07 Å². The molecule has 11 nitrogen and oxygen atoms in total. The number of carboxylic acids is 1. The van der Waals surface area contributed by atoms with Crippen molar-refractivity contribution in [1.82, 2.24) is 14.5 Å². The lowest BCUT2D eigenvalue weighted by molar-refractivity contribution is -0.119. The maximum absolute atomic E-state index is 14.9. The van der Waals surface area contributed by atoms with Gasteiger partial charge in [0.25, 0.3) is 5.56 Å². The van der Waals surface area contributed by atoms with E-state index in [9.17, 15) is 23.6 Å². The number of urea groups is 1. The van der Waals surface area contributed by atoms with E-state index >= 15 is 0 Å². The quantitative estimate of drug-likeness (QED) is 0.445. The van der Waals surface area contributed by atoms with Crippen molar-refractivity contribution >= 4 is 41.0 Å². The molecule has 3 aromatic rings. The van der Waals surface area contributed by atoms with E-state index in [0.29, 0.717) is 5.02 Å². The molecule has 1 aliphatic heterocycles. The van der Waals surface area contributed by atoms with Gasteiger partial charge in [-0.2, -0.15) is 0 Å². The molecule has 13 heteroatoms. The van der Waals surface area contributed by atoms with E-state index in [2.05, 4.69) is 15.6 Å². The molecule has 1 aromatic carbocycles. The number of anilines is 2. The summed E-state index contributed by atoms with van der Waals surface area (Å²) in [7, 11) is 1.46. The molecule has 1 fully saturated rings. The molecule has 3 heterocycles. The number of halogens is 2. The highest BCUT2D eigenvalue weighted by Crippen LogP contribution is 2.24. The van der Waals surface area contributed by atoms with Crippen LogP contribution in [-0.2, 0) is 9.53 Å². The van der Waals surface area contributed by atoms with Crippen LogP contribution in [0.15, 0.2) is 59.7 Å². The molecule has 1 saturated heterocycles. The number of carboxylic acid groups (broad SMARTS) is 1. The number of ether oxygens (including phenoxy) is 1. The van der Waals surface area contributed by atoms with E-state index in [-0.39, 0.29) is 35.7 Å². The van der Waals surface area contributed by atoms with E-state index in [4.69, 9.17) is 21.4 Å². The predicted octanol–water partition coefficient (Wildman–Crippen LogP) is 2.98. The van der Waals surface area contributed by atoms with Crippen LogP contribution in [0, 0.1) is 5.82 Å². The van der Waals surface area contributed by atoms with Gasteiger partial charge in [0.05, 0.1) is 28.1 Å². The number of benzene rings is 1. The fourth-order valence-electron chi connectivity index (χ4n) is 3.86. The Hall–Kier alpha value is -4.29. The minimum atomic E-state index is -1.25. The van der Waals surface area contributed by atoms with Gasteiger partial charge in [-0.3, -0.25) is 19.5 Å². The van der Waals surface area contributed by atoms with Gasteiger partial charge in [0.2, 0.25) is 5.91 Å². The summed E-state index contributed by atoms with van der Waals surface area (Å²) in [5.74, 6) is -2.51. The molecule has 0 aliphatic carbocycles. The van der Waals surface area contributed by atoms with E-state index < -0.39 is 41.4 Å². The Bertz CT molecular complexity index is 1410. The summed E-state index contributed by atoms with van der Waals surface area (Å²) < 4.78 is 21.2. The Morgan fingerprint density at radius 2 is 1.95 bits per heavy atom. The molecular formula is C24H21ClFN5O6. The first-order valence-corrected chi connectivity index (χ1v) is 11.3. The molecule has 0 spiro atoms. The van der Waals surface area contributed by atoms with Gasteiger partial charge < -0.3 is 20.1 Å².